The van der Waals surface area contributed by atoms with Crippen molar-refractivity contribution in [2.24, 2.45) is 12.0 Å². The lowest BCUT2D eigenvalue weighted by atomic mass is 10.2. The first-order valence-corrected chi connectivity index (χ1v) is 12.5. The Morgan fingerprint density at radius 3 is 2.33 bits per heavy atom. The van der Waals surface area contributed by atoms with E-state index in [0.29, 0.717) is 34.9 Å². The van der Waals surface area contributed by atoms with Gasteiger partial charge in [-0.3, -0.25) is 4.79 Å². The van der Waals surface area contributed by atoms with Crippen LogP contribution in [0.4, 0.5) is 0 Å². The molecule has 1 unspecified atom stereocenters. The van der Waals surface area contributed by atoms with Crippen LogP contribution in [0.1, 0.15) is 12.8 Å². The maximum absolute atomic E-state index is 13.2. The molecule has 3 aromatic rings. The molecule has 0 bridgehead atoms. The van der Waals surface area contributed by atoms with E-state index in [2.05, 4.69) is 4.99 Å². The lowest BCUT2D eigenvalue weighted by Crippen LogP contribution is -2.40. The first-order chi connectivity index (χ1) is 15.8. The van der Waals surface area contributed by atoms with E-state index in [1.54, 1.807) is 50.1 Å². The summed E-state index contributed by atoms with van der Waals surface area (Å²) in [6.07, 6.45) is 1.00. The number of carbonyl (C=O) groups is 1. The number of rotatable bonds is 6. The number of methoxy groups -OCH3 is 3. The summed E-state index contributed by atoms with van der Waals surface area (Å²) >= 11 is 1.29. The summed E-state index contributed by atoms with van der Waals surface area (Å²) in [5, 5.41) is 0. The van der Waals surface area contributed by atoms with Crippen LogP contribution in [0.3, 0.4) is 0 Å². The Bertz CT molecular complexity index is 1360. The summed E-state index contributed by atoms with van der Waals surface area (Å²) in [6.45, 7) is 0.264. The van der Waals surface area contributed by atoms with Gasteiger partial charge in [0.1, 0.15) is 33.5 Å². The predicted molar refractivity (Wildman–Crippen MR) is 124 cm³/mol. The number of fused-ring (bicyclic) bond motifs is 1. The van der Waals surface area contributed by atoms with Crippen LogP contribution in [0.5, 0.6) is 17.2 Å². The summed E-state index contributed by atoms with van der Waals surface area (Å²) < 4.78 is 46.3. The zero-order valence-corrected chi connectivity index (χ0v) is 20.4. The number of thiazole rings is 1. The molecule has 0 N–H and O–H groups in total. The maximum atomic E-state index is 13.2. The number of benzene rings is 2. The van der Waals surface area contributed by atoms with Crippen molar-refractivity contribution in [1.82, 2.24) is 8.87 Å². The zero-order valence-electron chi connectivity index (χ0n) is 18.8. The molecular weight excluding hydrogens is 466 g/mol. The summed E-state index contributed by atoms with van der Waals surface area (Å²) in [4.78, 5) is 18.1. The minimum atomic E-state index is -3.85. The molecule has 1 amide bonds. The number of hydrogen-bond donors (Lipinski definition) is 0. The SMILES string of the molecule is COc1ccc(S(=O)(=O)N2CCCC2C(=O)N=c2sc3c(OC)ccc(OC)c3n2C)cc1. The number of aryl methyl sites for hydroxylation is 1. The Balaban J connectivity index is 1.72. The molecule has 1 fully saturated rings. The molecular formula is C22H25N3O6S2. The van der Waals surface area contributed by atoms with Crippen LogP contribution in [0, 0.1) is 0 Å². The van der Waals surface area contributed by atoms with Gasteiger partial charge in [0.05, 0.1) is 26.2 Å². The van der Waals surface area contributed by atoms with Crippen molar-refractivity contribution in [3.63, 3.8) is 0 Å². The third kappa shape index (κ3) is 4.11. The second-order valence-corrected chi connectivity index (χ2v) is 10.4. The normalized spacial score (nSPS) is 17.5. The quantitative estimate of drug-likeness (QED) is 0.526. The largest absolute Gasteiger partial charge is 0.497 e. The van der Waals surface area contributed by atoms with Gasteiger partial charge in [0, 0.05) is 13.6 Å². The lowest BCUT2D eigenvalue weighted by molar-refractivity contribution is -0.121. The fraction of sp³-hybridized carbons (Fsp3) is 0.364. The molecule has 0 radical (unpaired) electrons. The standard InChI is InChI=1S/C22H25N3O6S2/c1-24-19-17(30-3)11-12-18(31-4)20(19)32-22(24)23-21(26)16-6-5-13-25(16)33(27,28)15-9-7-14(29-2)8-10-15/h7-12,16H,5-6,13H2,1-4H3. The van der Waals surface area contributed by atoms with Gasteiger partial charge < -0.3 is 18.8 Å². The summed E-state index contributed by atoms with van der Waals surface area (Å²) in [7, 11) is 2.59. The van der Waals surface area contributed by atoms with E-state index in [-0.39, 0.29) is 11.4 Å². The van der Waals surface area contributed by atoms with Gasteiger partial charge >= 0.3 is 0 Å². The molecule has 1 aliphatic rings. The van der Waals surface area contributed by atoms with E-state index in [0.717, 1.165) is 10.2 Å². The molecule has 4 rings (SSSR count). The van der Waals surface area contributed by atoms with Crippen LogP contribution >= 0.6 is 11.3 Å². The molecule has 2 heterocycles. The van der Waals surface area contributed by atoms with Gasteiger partial charge in [-0.15, -0.1) is 0 Å². The Kier molecular flexibility index (Phi) is 6.46. The molecule has 2 aromatic carbocycles. The minimum absolute atomic E-state index is 0.116. The molecule has 1 aromatic heterocycles. The molecule has 0 saturated carbocycles. The van der Waals surface area contributed by atoms with Crippen LogP contribution in [-0.2, 0) is 21.9 Å². The molecule has 0 aliphatic carbocycles. The van der Waals surface area contributed by atoms with Gasteiger partial charge in [0.25, 0.3) is 5.91 Å². The Morgan fingerprint density at radius 2 is 1.70 bits per heavy atom. The summed E-state index contributed by atoms with van der Waals surface area (Å²) in [5.74, 6) is 1.33. The number of hydrogen-bond acceptors (Lipinski definition) is 7. The topological polar surface area (TPSA) is 99.4 Å². The number of sulfonamides is 1. The van der Waals surface area contributed by atoms with E-state index < -0.39 is 22.0 Å². The van der Waals surface area contributed by atoms with Crippen molar-refractivity contribution in [1.29, 1.82) is 0 Å². The number of aromatic nitrogens is 1. The third-order valence-electron chi connectivity index (χ3n) is 5.67. The smallest absolute Gasteiger partial charge is 0.266 e. The summed E-state index contributed by atoms with van der Waals surface area (Å²) in [5.41, 5.74) is 0.752. The lowest BCUT2D eigenvalue weighted by Gasteiger charge is -2.21. The monoisotopic (exact) mass is 491 g/mol. The van der Waals surface area contributed by atoms with E-state index >= 15 is 0 Å². The third-order valence-corrected chi connectivity index (χ3v) is 8.74. The molecule has 9 nitrogen and oxygen atoms in total. The number of amides is 1. The van der Waals surface area contributed by atoms with Gasteiger partial charge in [-0.25, -0.2) is 8.42 Å². The molecule has 1 aliphatic heterocycles. The van der Waals surface area contributed by atoms with Crippen molar-refractivity contribution in [2.45, 2.75) is 23.8 Å². The second kappa shape index (κ2) is 9.16. The van der Waals surface area contributed by atoms with Gasteiger partial charge in [-0.05, 0) is 49.2 Å². The van der Waals surface area contributed by atoms with Gasteiger partial charge in [-0.1, -0.05) is 11.3 Å². The molecule has 176 valence electrons. The second-order valence-electron chi connectivity index (χ2n) is 7.49. The fourth-order valence-electron chi connectivity index (χ4n) is 3.96. The van der Waals surface area contributed by atoms with E-state index in [1.165, 1.54) is 34.9 Å². The van der Waals surface area contributed by atoms with Crippen molar-refractivity contribution in [3.8, 4) is 17.2 Å². The van der Waals surface area contributed by atoms with Crippen LogP contribution in [0.25, 0.3) is 10.2 Å². The van der Waals surface area contributed by atoms with Gasteiger partial charge in [0.15, 0.2) is 4.80 Å². The average molecular weight is 492 g/mol. The molecule has 33 heavy (non-hydrogen) atoms. The number of ether oxygens (including phenoxy) is 3. The van der Waals surface area contributed by atoms with Crippen LogP contribution < -0.4 is 19.0 Å². The molecule has 0 spiro atoms. The number of nitrogens with zero attached hydrogens (tertiary/aromatic N) is 3. The van der Waals surface area contributed by atoms with Crippen LogP contribution in [-0.4, -0.2) is 57.1 Å². The van der Waals surface area contributed by atoms with Gasteiger partial charge in [0.2, 0.25) is 10.0 Å². The van der Waals surface area contributed by atoms with Gasteiger partial charge in [-0.2, -0.15) is 9.30 Å². The van der Waals surface area contributed by atoms with E-state index in [4.69, 9.17) is 14.2 Å². The minimum Gasteiger partial charge on any atom is -0.497 e. The Hall–Kier alpha value is -2.89. The average Bonchev–Trinajstić information content (AvgIpc) is 3.45. The highest BCUT2D eigenvalue weighted by molar-refractivity contribution is 7.89. The predicted octanol–water partition coefficient (Wildman–Crippen LogP) is 2.55. The zero-order chi connectivity index (χ0) is 23.8. The van der Waals surface area contributed by atoms with Crippen LogP contribution in [0.15, 0.2) is 46.3 Å². The Morgan fingerprint density at radius 1 is 1.03 bits per heavy atom. The van der Waals surface area contributed by atoms with Crippen LogP contribution in [0.2, 0.25) is 0 Å². The summed E-state index contributed by atoms with van der Waals surface area (Å²) in [6, 6.07) is 8.87. The van der Waals surface area contributed by atoms with E-state index in [1.807, 2.05) is 0 Å². The number of carbonyl (C=O) groups excluding carboxylic acids is 1. The first-order valence-electron chi connectivity index (χ1n) is 10.3. The van der Waals surface area contributed by atoms with E-state index in [9.17, 15) is 13.2 Å². The fourth-order valence-corrected chi connectivity index (χ4v) is 6.74. The maximum Gasteiger partial charge on any atom is 0.266 e. The van der Waals surface area contributed by atoms with Crippen molar-refractivity contribution < 1.29 is 27.4 Å². The van der Waals surface area contributed by atoms with Crippen molar-refractivity contribution in [3.05, 3.63) is 41.2 Å². The molecule has 1 atom stereocenters. The highest BCUT2D eigenvalue weighted by atomic mass is 32.2. The van der Waals surface area contributed by atoms with Crippen molar-refractivity contribution >= 4 is 37.5 Å². The highest BCUT2D eigenvalue weighted by Crippen LogP contribution is 2.35. The molecule has 11 heteroatoms. The van der Waals surface area contributed by atoms with Crippen molar-refractivity contribution in [2.75, 3.05) is 27.9 Å². The highest BCUT2D eigenvalue weighted by Gasteiger charge is 2.39. The molecule has 1 saturated heterocycles. The first kappa shape index (κ1) is 23.3. The Labute approximate surface area is 195 Å².